The number of piperidine rings is 1. The van der Waals surface area contributed by atoms with Crippen LogP contribution in [0.2, 0.25) is 5.28 Å². The van der Waals surface area contributed by atoms with E-state index in [-0.39, 0.29) is 0 Å². The Bertz CT molecular complexity index is 841. The summed E-state index contributed by atoms with van der Waals surface area (Å²) in [6, 6.07) is 2.80. The lowest BCUT2D eigenvalue weighted by molar-refractivity contribution is 0.0115. The molecular weight excluding hydrogens is 404 g/mol. The van der Waals surface area contributed by atoms with Crippen LogP contribution in [-0.2, 0) is 16.0 Å². The Labute approximate surface area is 182 Å². The molecule has 0 aromatic carbocycles. The van der Waals surface area contributed by atoms with Crippen molar-refractivity contribution in [3.05, 3.63) is 17.5 Å². The van der Waals surface area contributed by atoms with Crippen molar-refractivity contribution in [1.29, 1.82) is 0 Å². The van der Waals surface area contributed by atoms with Gasteiger partial charge in [0.1, 0.15) is 11.5 Å². The fraction of sp³-hybridized carbons (Fsp3) is 0.714. The van der Waals surface area contributed by atoms with Gasteiger partial charge in [-0.2, -0.15) is 9.97 Å². The van der Waals surface area contributed by atoms with Crippen LogP contribution in [0.5, 0.6) is 0 Å². The fourth-order valence-electron chi connectivity index (χ4n) is 4.90. The monoisotopic (exact) mass is 434 g/mol. The maximum atomic E-state index is 6.36. The van der Waals surface area contributed by atoms with E-state index in [9.17, 15) is 0 Å². The van der Waals surface area contributed by atoms with Crippen molar-refractivity contribution < 1.29 is 9.47 Å². The van der Waals surface area contributed by atoms with Gasteiger partial charge in [0.2, 0.25) is 5.28 Å². The van der Waals surface area contributed by atoms with Gasteiger partial charge in [-0.15, -0.1) is 0 Å². The summed E-state index contributed by atoms with van der Waals surface area (Å²) in [4.78, 5) is 16.6. The molecule has 3 fully saturated rings. The first-order chi connectivity index (χ1) is 14.8. The maximum Gasteiger partial charge on any atom is 0.226 e. The molecule has 0 saturated carbocycles. The van der Waals surface area contributed by atoms with Crippen molar-refractivity contribution >= 4 is 28.5 Å². The summed E-state index contributed by atoms with van der Waals surface area (Å²) in [5, 5.41) is 1.44. The van der Waals surface area contributed by atoms with Gasteiger partial charge in [-0.25, -0.2) is 0 Å². The molecule has 3 aliphatic rings. The highest BCUT2D eigenvalue weighted by molar-refractivity contribution is 6.28. The molecule has 5 heterocycles. The van der Waals surface area contributed by atoms with E-state index < -0.39 is 0 Å². The standard InChI is InChI=1S/C21H31ClN6O2/c22-21-23-19(27-4-1-17(2-5-27)26-11-15-30-16-12-26)18-3-6-28(20(18)24-21)8-7-25-9-13-29-14-10-25/h3,6,17H,1-2,4-5,7-16H2. The second kappa shape index (κ2) is 9.36. The lowest BCUT2D eigenvalue weighted by Gasteiger charge is -2.40. The Morgan fingerprint density at radius 2 is 1.60 bits per heavy atom. The molecule has 0 atom stereocenters. The summed E-state index contributed by atoms with van der Waals surface area (Å²) in [5.41, 5.74) is 0.938. The summed E-state index contributed by atoms with van der Waals surface area (Å²) in [6.07, 6.45) is 4.43. The fourth-order valence-corrected chi connectivity index (χ4v) is 5.06. The first-order valence-corrected chi connectivity index (χ1v) is 11.5. The number of rotatable bonds is 5. The van der Waals surface area contributed by atoms with Crippen molar-refractivity contribution in [3.63, 3.8) is 0 Å². The van der Waals surface area contributed by atoms with Gasteiger partial charge in [0, 0.05) is 64.6 Å². The molecule has 0 unspecified atom stereocenters. The van der Waals surface area contributed by atoms with Gasteiger partial charge in [-0.3, -0.25) is 9.80 Å². The molecule has 2 aromatic rings. The molecule has 0 N–H and O–H groups in total. The number of morpholine rings is 2. The van der Waals surface area contributed by atoms with Crippen molar-refractivity contribution in [2.45, 2.75) is 25.4 Å². The van der Waals surface area contributed by atoms with E-state index in [0.717, 1.165) is 108 Å². The van der Waals surface area contributed by atoms with Gasteiger partial charge in [0.15, 0.2) is 0 Å². The zero-order valence-electron chi connectivity index (χ0n) is 17.5. The lowest BCUT2D eigenvalue weighted by Crippen LogP contribution is -2.49. The minimum Gasteiger partial charge on any atom is -0.379 e. The van der Waals surface area contributed by atoms with E-state index in [0.29, 0.717) is 11.3 Å². The lowest BCUT2D eigenvalue weighted by atomic mass is 10.0. The van der Waals surface area contributed by atoms with Gasteiger partial charge in [-0.05, 0) is 30.5 Å². The molecule has 2 aromatic heterocycles. The summed E-state index contributed by atoms with van der Waals surface area (Å²) < 4.78 is 13.2. The highest BCUT2D eigenvalue weighted by Gasteiger charge is 2.27. The van der Waals surface area contributed by atoms with Crippen LogP contribution in [0.4, 0.5) is 5.82 Å². The predicted octanol–water partition coefficient (Wildman–Crippen LogP) is 1.72. The van der Waals surface area contributed by atoms with Crippen molar-refractivity contribution in [2.75, 3.05) is 77.1 Å². The maximum absolute atomic E-state index is 6.36. The highest BCUT2D eigenvalue weighted by atomic mass is 35.5. The topological polar surface area (TPSA) is 58.9 Å². The second-order valence-electron chi connectivity index (χ2n) is 8.38. The Morgan fingerprint density at radius 1 is 0.900 bits per heavy atom. The molecule has 9 heteroatoms. The molecule has 8 nitrogen and oxygen atoms in total. The largest absolute Gasteiger partial charge is 0.379 e. The van der Waals surface area contributed by atoms with Crippen LogP contribution in [0, 0.1) is 0 Å². The number of nitrogens with zero attached hydrogens (tertiary/aromatic N) is 6. The molecule has 3 saturated heterocycles. The van der Waals surface area contributed by atoms with Crippen molar-refractivity contribution in [3.8, 4) is 0 Å². The summed E-state index contributed by atoms with van der Waals surface area (Å²) in [7, 11) is 0. The smallest absolute Gasteiger partial charge is 0.226 e. The summed E-state index contributed by atoms with van der Waals surface area (Å²) in [5.74, 6) is 0.982. The van der Waals surface area contributed by atoms with Gasteiger partial charge >= 0.3 is 0 Å². The molecule has 3 aliphatic heterocycles. The van der Waals surface area contributed by atoms with Gasteiger partial charge in [0.05, 0.1) is 31.8 Å². The molecule has 0 radical (unpaired) electrons. The van der Waals surface area contributed by atoms with E-state index in [1.807, 2.05) is 0 Å². The third-order valence-electron chi connectivity index (χ3n) is 6.66. The minimum atomic E-state index is 0.333. The zero-order valence-corrected chi connectivity index (χ0v) is 18.3. The first kappa shape index (κ1) is 20.5. The van der Waals surface area contributed by atoms with E-state index in [1.54, 1.807) is 0 Å². The number of aromatic nitrogens is 3. The Hall–Kier alpha value is -1.45. The average molecular weight is 435 g/mol. The number of ether oxygens (including phenoxy) is 2. The van der Waals surface area contributed by atoms with Crippen LogP contribution < -0.4 is 4.90 Å². The third-order valence-corrected chi connectivity index (χ3v) is 6.83. The molecular formula is C21H31ClN6O2. The molecule has 0 spiro atoms. The van der Waals surface area contributed by atoms with E-state index >= 15 is 0 Å². The van der Waals surface area contributed by atoms with E-state index in [1.165, 1.54) is 0 Å². The van der Waals surface area contributed by atoms with Gasteiger partial charge < -0.3 is 18.9 Å². The van der Waals surface area contributed by atoms with Gasteiger partial charge in [-0.1, -0.05) is 0 Å². The summed E-state index contributed by atoms with van der Waals surface area (Å²) in [6.45, 7) is 11.4. The number of hydrogen-bond donors (Lipinski definition) is 0. The molecule has 0 bridgehead atoms. The molecule has 0 aliphatic carbocycles. The second-order valence-corrected chi connectivity index (χ2v) is 8.72. The van der Waals surface area contributed by atoms with Crippen LogP contribution in [-0.4, -0.2) is 103 Å². The number of anilines is 1. The van der Waals surface area contributed by atoms with E-state index in [2.05, 4.69) is 41.5 Å². The number of hydrogen-bond acceptors (Lipinski definition) is 7. The normalized spacial score (nSPS) is 22.8. The SMILES string of the molecule is Clc1nc(N2CCC(N3CCOCC3)CC2)c2ccn(CCN3CCOCC3)c2n1. The van der Waals surface area contributed by atoms with E-state index in [4.69, 9.17) is 21.1 Å². The highest BCUT2D eigenvalue weighted by Crippen LogP contribution is 2.29. The van der Waals surface area contributed by atoms with Crippen molar-refractivity contribution in [2.24, 2.45) is 0 Å². The van der Waals surface area contributed by atoms with Crippen LogP contribution in [0.15, 0.2) is 12.3 Å². The molecule has 30 heavy (non-hydrogen) atoms. The quantitative estimate of drug-likeness (QED) is 0.664. The number of fused-ring (bicyclic) bond motifs is 1. The third kappa shape index (κ3) is 4.43. The van der Waals surface area contributed by atoms with Crippen LogP contribution in [0.3, 0.4) is 0 Å². The number of halogens is 1. The van der Waals surface area contributed by atoms with Crippen LogP contribution >= 0.6 is 11.6 Å². The molecule has 5 rings (SSSR count). The Kier molecular flexibility index (Phi) is 6.38. The van der Waals surface area contributed by atoms with Crippen LogP contribution in [0.1, 0.15) is 12.8 Å². The Morgan fingerprint density at radius 3 is 2.33 bits per heavy atom. The summed E-state index contributed by atoms with van der Waals surface area (Å²) >= 11 is 6.36. The van der Waals surface area contributed by atoms with Crippen molar-refractivity contribution in [1.82, 2.24) is 24.3 Å². The average Bonchev–Trinajstić information content (AvgIpc) is 3.21. The molecule has 0 amide bonds. The Balaban J connectivity index is 1.28. The predicted molar refractivity (Wildman–Crippen MR) is 117 cm³/mol. The zero-order chi connectivity index (χ0) is 20.3. The van der Waals surface area contributed by atoms with Gasteiger partial charge in [0.25, 0.3) is 0 Å². The van der Waals surface area contributed by atoms with Crippen LogP contribution in [0.25, 0.3) is 11.0 Å². The molecule has 164 valence electrons. The first-order valence-electron chi connectivity index (χ1n) is 11.2. The minimum absolute atomic E-state index is 0.333.